The summed E-state index contributed by atoms with van der Waals surface area (Å²) in [5.74, 6) is 0. The number of nitrogens with one attached hydrogen (secondary N) is 2. The molecule has 0 bridgehead atoms. The van der Waals surface area contributed by atoms with E-state index in [0.29, 0.717) is 18.1 Å². The van der Waals surface area contributed by atoms with Crippen molar-refractivity contribution in [2.75, 3.05) is 26.7 Å². The number of imide groups is 1. The van der Waals surface area contributed by atoms with Gasteiger partial charge in [-0.15, -0.1) is 0 Å². The fraction of sp³-hybridized carbons (Fsp3) is 0.429. The lowest BCUT2D eigenvalue weighted by Gasteiger charge is -2.29. The topological polar surface area (TPSA) is 70.7 Å². The van der Waals surface area contributed by atoms with Gasteiger partial charge in [0.15, 0.2) is 0 Å². The van der Waals surface area contributed by atoms with Crippen LogP contribution in [0.3, 0.4) is 0 Å². The van der Waals surface area contributed by atoms with Crippen LogP contribution in [0.5, 0.6) is 0 Å². The number of carbonyl (C=O) groups is 2. The Hall–Kier alpha value is -1.79. The fourth-order valence-electron chi connectivity index (χ4n) is 2.11. The maximum atomic E-state index is 12.0. The first-order chi connectivity index (χ1) is 9.96. The first-order valence-electron chi connectivity index (χ1n) is 6.61. The number of nitrogens with zero attached hydrogens (tertiary/aromatic N) is 1. The lowest BCUT2D eigenvalue weighted by molar-refractivity contribution is 0.00432. The van der Waals surface area contributed by atoms with E-state index in [-0.39, 0.29) is 12.6 Å². The molecule has 1 aliphatic rings. The van der Waals surface area contributed by atoms with E-state index in [1.54, 1.807) is 19.2 Å². The number of ether oxygens (including phenoxy) is 1. The summed E-state index contributed by atoms with van der Waals surface area (Å²) in [7, 11) is 1.57. The molecule has 21 heavy (non-hydrogen) atoms. The fourth-order valence-corrected chi connectivity index (χ4v) is 2.30. The highest BCUT2D eigenvalue weighted by molar-refractivity contribution is 6.30. The molecule has 2 rings (SSSR count). The second-order valence-corrected chi connectivity index (χ2v) is 5.42. The van der Waals surface area contributed by atoms with Gasteiger partial charge in [0, 0.05) is 25.2 Å². The van der Waals surface area contributed by atoms with E-state index in [0.717, 1.165) is 10.5 Å². The highest BCUT2D eigenvalue weighted by atomic mass is 35.5. The van der Waals surface area contributed by atoms with Crippen LogP contribution in [0, 0.1) is 0 Å². The van der Waals surface area contributed by atoms with Crippen molar-refractivity contribution in [1.82, 2.24) is 15.5 Å². The molecule has 6 nitrogen and oxygen atoms in total. The van der Waals surface area contributed by atoms with Crippen LogP contribution in [0.25, 0.3) is 0 Å². The Kier molecular flexibility index (Phi) is 4.69. The Morgan fingerprint density at radius 2 is 2.33 bits per heavy atom. The molecule has 1 fully saturated rings. The third-order valence-corrected chi connectivity index (χ3v) is 3.80. The van der Waals surface area contributed by atoms with Crippen LogP contribution in [0.4, 0.5) is 9.59 Å². The van der Waals surface area contributed by atoms with E-state index in [2.05, 4.69) is 10.6 Å². The Bertz CT molecular complexity index is 552. The molecule has 0 aromatic heterocycles. The van der Waals surface area contributed by atoms with Crippen LogP contribution in [-0.4, -0.2) is 43.7 Å². The molecule has 1 saturated heterocycles. The number of halogens is 1. The summed E-state index contributed by atoms with van der Waals surface area (Å²) in [6.07, 6.45) is 0. The first kappa shape index (κ1) is 15.6. The molecule has 0 unspecified atom stereocenters. The second kappa shape index (κ2) is 6.32. The van der Waals surface area contributed by atoms with Gasteiger partial charge in [-0.25, -0.2) is 14.5 Å². The van der Waals surface area contributed by atoms with Gasteiger partial charge in [0.25, 0.3) is 0 Å². The van der Waals surface area contributed by atoms with Crippen molar-refractivity contribution >= 4 is 23.7 Å². The third-order valence-electron chi connectivity index (χ3n) is 3.56. The van der Waals surface area contributed by atoms with Crippen LogP contribution in [-0.2, 0) is 10.3 Å². The number of benzene rings is 1. The zero-order chi connectivity index (χ0) is 15.5. The minimum absolute atomic E-state index is 0.229. The average Bonchev–Trinajstić information content (AvgIpc) is 2.90. The van der Waals surface area contributed by atoms with E-state index < -0.39 is 11.6 Å². The highest BCUT2D eigenvalue weighted by Gasteiger charge is 2.31. The van der Waals surface area contributed by atoms with Gasteiger partial charge in [-0.05, 0) is 24.6 Å². The Labute approximate surface area is 128 Å². The monoisotopic (exact) mass is 311 g/mol. The van der Waals surface area contributed by atoms with Crippen molar-refractivity contribution in [2.24, 2.45) is 0 Å². The Morgan fingerprint density at radius 1 is 1.57 bits per heavy atom. The highest BCUT2D eigenvalue weighted by Crippen LogP contribution is 2.26. The minimum atomic E-state index is -0.725. The maximum absolute atomic E-state index is 12.0. The quantitative estimate of drug-likeness (QED) is 0.892. The molecule has 114 valence electrons. The first-order valence-corrected chi connectivity index (χ1v) is 6.98. The van der Waals surface area contributed by atoms with Crippen molar-refractivity contribution < 1.29 is 14.3 Å². The third kappa shape index (κ3) is 3.46. The van der Waals surface area contributed by atoms with E-state index >= 15 is 0 Å². The normalized spacial score (nSPS) is 17.3. The molecule has 1 aliphatic heterocycles. The lowest BCUT2D eigenvalue weighted by atomic mass is 9.96. The molecule has 1 aromatic rings. The zero-order valence-corrected chi connectivity index (χ0v) is 12.7. The molecular formula is C14H18ClN3O3. The molecule has 7 heteroatoms. The smallest absolute Gasteiger partial charge is 0.325 e. The van der Waals surface area contributed by atoms with Gasteiger partial charge in [-0.1, -0.05) is 23.7 Å². The maximum Gasteiger partial charge on any atom is 0.325 e. The SMILES string of the molecule is CO[C@@](C)(CNC(=O)N1CCNC1=O)c1cccc(Cl)c1. The molecule has 1 heterocycles. The van der Waals surface area contributed by atoms with E-state index in [4.69, 9.17) is 16.3 Å². The van der Waals surface area contributed by atoms with Crippen molar-refractivity contribution in [3.8, 4) is 0 Å². The minimum Gasteiger partial charge on any atom is -0.372 e. The molecule has 1 aromatic carbocycles. The number of urea groups is 2. The van der Waals surface area contributed by atoms with Gasteiger partial charge in [0.1, 0.15) is 5.60 Å². The van der Waals surface area contributed by atoms with Crippen LogP contribution < -0.4 is 10.6 Å². The number of hydrogen-bond acceptors (Lipinski definition) is 3. The number of methoxy groups -OCH3 is 1. The summed E-state index contributed by atoms with van der Waals surface area (Å²) in [6.45, 7) is 2.92. The van der Waals surface area contributed by atoms with Crippen LogP contribution in [0.1, 0.15) is 12.5 Å². The summed E-state index contributed by atoms with van der Waals surface area (Å²) in [6, 6.07) is 6.45. The summed E-state index contributed by atoms with van der Waals surface area (Å²) >= 11 is 5.99. The van der Waals surface area contributed by atoms with Crippen LogP contribution >= 0.6 is 11.6 Å². The molecule has 0 radical (unpaired) electrons. The van der Waals surface area contributed by atoms with Crippen molar-refractivity contribution in [3.05, 3.63) is 34.9 Å². The molecule has 0 saturated carbocycles. The van der Waals surface area contributed by atoms with Gasteiger partial charge < -0.3 is 15.4 Å². The number of amides is 4. The predicted octanol–water partition coefficient (Wildman–Crippen LogP) is 1.94. The van der Waals surface area contributed by atoms with E-state index in [1.807, 2.05) is 19.1 Å². The molecule has 4 amide bonds. The van der Waals surface area contributed by atoms with Gasteiger partial charge in [-0.2, -0.15) is 0 Å². The van der Waals surface area contributed by atoms with Crippen molar-refractivity contribution in [1.29, 1.82) is 0 Å². The molecule has 2 N–H and O–H groups in total. The number of carbonyl (C=O) groups excluding carboxylic acids is 2. The summed E-state index contributed by atoms with van der Waals surface area (Å²) in [5.41, 5.74) is 0.125. The van der Waals surface area contributed by atoms with Crippen molar-refractivity contribution in [2.45, 2.75) is 12.5 Å². The van der Waals surface area contributed by atoms with Gasteiger partial charge >= 0.3 is 12.1 Å². The van der Waals surface area contributed by atoms with Crippen molar-refractivity contribution in [3.63, 3.8) is 0 Å². The molecule has 0 aliphatic carbocycles. The van der Waals surface area contributed by atoms with Gasteiger partial charge in [-0.3, -0.25) is 0 Å². The predicted molar refractivity (Wildman–Crippen MR) is 79.3 cm³/mol. The van der Waals surface area contributed by atoms with E-state index in [9.17, 15) is 9.59 Å². The van der Waals surface area contributed by atoms with E-state index in [1.165, 1.54) is 0 Å². The standard InChI is InChI=1S/C14H18ClN3O3/c1-14(21-2,10-4-3-5-11(15)8-10)9-17-13(20)18-7-6-16-12(18)19/h3-5,8H,6-7,9H2,1-2H3,(H,16,19)(H,17,20)/t14-/m0/s1. The molecule has 0 spiro atoms. The molecular weight excluding hydrogens is 294 g/mol. The summed E-state index contributed by atoms with van der Waals surface area (Å²) < 4.78 is 5.53. The number of rotatable bonds is 4. The van der Waals surface area contributed by atoms with Crippen LogP contribution in [0.2, 0.25) is 5.02 Å². The van der Waals surface area contributed by atoms with Crippen LogP contribution in [0.15, 0.2) is 24.3 Å². The Balaban J connectivity index is 2.05. The second-order valence-electron chi connectivity index (χ2n) is 4.99. The van der Waals surface area contributed by atoms with Gasteiger partial charge in [0.2, 0.25) is 0 Å². The summed E-state index contributed by atoms with van der Waals surface area (Å²) in [4.78, 5) is 24.6. The average molecular weight is 312 g/mol. The number of hydrogen-bond donors (Lipinski definition) is 2. The molecule has 1 atom stereocenters. The lowest BCUT2D eigenvalue weighted by Crippen LogP contribution is -2.47. The zero-order valence-electron chi connectivity index (χ0n) is 12.0. The Morgan fingerprint density at radius 3 is 2.90 bits per heavy atom. The summed E-state index contributed by atoms with van der Waals surface area (Å²) in [5, 5.41) is 5.90. The largest absolute Gasteiger partial charge is 0.372 e. The van der Waals surface area contributed by atoms with Gasteiger partial charge in [0.05, 0.1) is 6.54 Å².